The second-order valence-electron chi connectivity index (χ2n) is 3.59. The molecule has 0 saturated heterocycles. The number of rotatable bonds is 3. The van der Waals surface area contributed by atoms with Gasteiger partial charge in [0.2, 0.25) is 0 Å². The van der Waals surface area contributed by atoms with Gasteiger partial charge in [-0.2, -0.15) is 0 Å². The Morgan fingerprint density at radius 1 is 0.941 bits per heavy atom. The minimum Gasteiger partial charge on any atom is -0.299 e. The third-order valence-corrected chi connectivity index (χ3v) is 2.47. The van der Waals surface area contributed by atoms with Crippen LogP contribution in [-0.4, -0.2) is 6.29 Å². The van der Waals surface area contributed by atoms with Gasteiger partial charge in [0.25, 0.3) is 0 Å². The molecule has 0 atom stereocenters. The fourth-order valence-electron chi connectivity index (χ4n) is 1.68. The van der Waals surface area contributed by atoms with E-state index in [1.807, 2.05) is 24.3 Å². The molecule has 1 nitrogen and oxygen atoms in total. The Balaban J connectivity index is 2.47. The molecular weight excluding hydrogens is 215 g/mol. The lowest BCUT2D eigenvalue weighted by Crippen LogP contribution is -1.83. The monoisotopic (exact) mass is 226 g/mol. The number of carbonyl (C=O) groups excluding carboxylic acids is 1. The van der Waals surface area contributed by atoms with E-state index in [-0.39, 0.29) is 5.82 Å². The second kappa shape index (κ2) is 5.21. The molecule has 0 bridgehead atoms. The van der Waals surface area contributed by atoms with Crippen molar-refractivity contribution in [2.75, 3.05) is 0 Å². The average molecular weight is 226 g/mol. The fraction of sp³-hybridized carbons (Fsp3) is 0. The summed E-state index contributed by atoms with van der Waals surface area (Å²) in [6.07, 6.45) is 3.93. The normalized spacial score (nSPS) is 10.6. The van der Waals surface area contributed by atoms with E-state index < -0.39 is 0 Å². The predicted molar refractivity (Wildman–Crippen MR) is 66.9 cm³/mol. The number of halogens is 1. The molecule has 0 unspecified atom stereocenters. The number of carbonyl (C=O) groups is 1. The zero-order valence-electron chi connectivity index (χ0n) is 9.14. The number of hydrogen-bond acceptors (Lipinski definition) is 1. The Morgan fingerprint density at radius 2 is 1.65 bits per heavy atom. The van der Waals surface area contributed by atoms with E-state index >= 15 is 0 Å². The van der Waals surface area contributed by atoms with Crippen LogP contribution >= 0.6 is 0 Å². The van der Waals surface area contributed by atoms with Crippen molar-refractivity contribution in [3.05, 3.63) is 66.0 Å². The smallest absolute Gasteiger partial charge is 0.142 e. The lowest BCUT2D eigenvalue weighted by atomic mass is 9.99. The van der Waals surface area contributed by atoms with Crippen molar-refractivity contribution in [1.82, 2.24) is 0 Å². The van der Waals surface area contributed by atoms with Gasteiger partial charge in [-0.1, -0.05) is 42.5 Å². The highest BCUT2D eigenvalue weighted by molar-refractivity contribution is 5.80. The van der Waals surface area contributed by atoms with Gasteiger partial charge in [0.05, 0.1) is 0 Å². The van der Waals surface area contributed by atoms with E-state index in [1.165, 1.54) is 18.2 Å². The van der Waals surface area contributed by atoms with Crippen LogP contribution in [0.2, 0.25) is 0 Å². The van der Waals surface area contributed by atoms with Crippen LogP contribution in [0.25, 0.3) is 17.2 Å². The second-order valence-corrected chi connectivity index (χ2v) is 3.59. The third kappa shape index (κ3) is 2.67. The minimum atomic E-state index is -0.255. The Morgan fingerprint density at radius 3 is 2.35 bits per heavy atom. The molecule has 2 rings (SSSR count). The standard InChI is InChI=1S/C15H11FO/c16-14-9-7-13(8-10-14)15-6-2-1-4-12(15)5-3-11-17/h1-11H. The molecule has 0 aliphatic rings. The summed E-state index contributed by atoms with van der Waals surface area (Å²) in [4.78, 5) is 10.3. The van der Waals surface area contributed by atoms with Crippen molar-refractivity contribution >= 4 is 12.4 Å². The number of benzene rings is 2. The molecule has 0 aliphatic heterocycles. The topological polar surface area (TPSA) is 17.1 Å². The molecule has 0 radical (unpaired) electrons. The highest BCUT2D eigenvalue weighted by Gasteiger charge is 2.01. The van der Waals surface area contributed by atoms with Crippen LogP contribution in [0.3, 0.4) is 0 Å². The van der Waals surface area contributed by atoms with Crippen molar-refractivity contribution in [1.29, 1.82) is 0 Å². The van der Waals surface area contributed by atoms with Crippen molar-refractivity contribution in [2.45, 2.75) is 0 Å². The van der Waals surface area contributed by atoms with E-state index in [0.717, 1.165) is 23.0 Å². The third-order valence-electron chi connectivity index (χ3n) is 2.47. The molecule has 2 heteroatoms. The molecule has 0 spiro atoms. The van der Waals surface area contributed by atoms with Crippen LogP contribution in [0, 0.1) is 5.82 Å². The van der Waals surface area contributed by atoms with Crippen LogP contribution in [0.1, 0.15) is 5.56 Å². The lowest BCUT2D eigenvalue weighted by molar-refractivity contribution is -0.104. The maximum Gasteiger partial charge on any atom is 0.142 e. The first kappa shape index (κ1) is 11.3. The molecule has 0 aromatic heterocycles. The summed E-state index contributed by atoms with van der Waals surface area (Å²) < 4.78 is 12.8. The first-order chi connectivity index (χ1) is 8.31. The number of allylic oxidation sites excluding steroid dienone is 1. The van der Waals surface area contributed by atoms with Crippen LogP contribution in [0.15, 0.2) is 54.6 Å². The summed E-state index contributed by atoms with van der Waals surface area (Å²) >= 11 is 0. The quantitative estimate of drug-likeness (QED) is 0.576. The Hall–Kier alpha value is -2.22. The minimum absolute atomic E-state index is 0.255. The summed E-state index contributed by atoms with van der Waals surface area (Å²) in [6.45, 7) is 0. The molecule has 2 aromatic carbocycles. The fourth-order valence-corrected chi connectivity index (χ4v) is 1.68. The van der Waals surface area contributed by atoms with E-state index in [4.69, 9.17) is 0 Å². The molecule has 0 N–H and O–H groups in total. The molecule has 0 fully saturated rings. The van der Waals surface area contributed by atoms with Gasteiger partial charge >= 0.3 is 0 Å². The van der Waals surface area contributed by atoms with Gasteiger partial charge in [0.1, 0.15) is 12.1 Å². The zero-order chi connectivity index (χ0) is 12.1. The lowest BCUT2D eigenvalue weighted by Gasteiger charge is -2.05. The van der Waals surface area contributed by atoms with Crippen LogP contribution in [0.5, 0.6) is 0 Å². The highest BCUT2D eigenvalue weighted by Crippen LogP contribution is 2.24. The maximum absolute atomic E-state index is 12.8. The SMILES string of the molecule is O=CC=Cc1ccccc1-c1ccc(F)cc1. The van der Waals surface area contributed by atoms with Crippen molar-refractivity contribution in [3.8, 4) is 11.1 Å². The molecule has 0 heterocycles. The van der Waals surface area contributed by atoms with E-state index in [9.17, 15) is 9.18 Å². The first-order valence-corrected chi connectivity index (χ1v) is 5.28. The summed E-state index contributed by atoms with van der Waals surface area (Å²) in [5, 5.41) is 0. The van der Waals surface area contributed by atoms with Crippen LogP contribution in [0.4, 0.5) is 4.39 Å². The van der Waals surface area contributed by atoms with E-state index in [0.29, 0.717) is 0 Å². The average Bonchev–Trinajstić information content (AvgIpc) is 2.38. The molecule has 0 aliphatic carbocycles. The Bertz CT molecular complexity index is 541. The molecular formula is C15H11FO. The summed E-state index contributed by atoms with van der Waals surface area (Å²) in [5.74, 6) is -0.255. The Labute approximate surface area is 99.2 Å². The summed E-state index contributed by atoms with van der Waals surface area (Å²) in [6, 6.07) is 14.0. The van der Waals surface area contributed by atoms with Gasteiger partial charge in [-0.25, -0.2) is 4.39 Å². The molecule has 17 heavy (non-hydrogen) atoms. The largest absolute Gasteiger partial charge is 0.299 e. The van der Waals surface area contributed by atoms with E-state index in [2.05, 4.69) is 0 Å². The van der Waals surface area contributed by atoms with Gasteiger partial charge in [-0.3, -0.25) is 4.79 Å². The number of hydrogen-bond donors (Lipinski definition) is 0. The number of aldehydes is 1. The van der Waals surface area contributed by atoms with Gasteiger partial charge in [-0.05, 0) is 34.9 Å². The van der Waals surface area contributed by atoms with E-state index in [1.54, 1.807) is 18.2 Å². The van der Waals surface area contributed by atoms with Gasteiger partial charge in [0, 0.05) is 0 Å². The molecule has 0 saturated carbocycles. The van der Waals surface area contributed by atoms with Gasteiger partial charge in [0.15, 0.2) is 0 Å². The molecule has 0 amide bonds. The van der Waals surface area contributed by atoms with Crippen molar-refractivity contribution < 1.29 is 9.18 Å². The maximum atomic E-state index is 12.8. The van der Waals surface area contributed by atoms with Crippen molar-refractivity contribution in [2.24, 2.45) is 0 Å². The van der Waals surface area contributed by atoms with Crippen LogP contribution < -0.4 is 0 Å². The van der Waals surface area contributed by atoms with Gasteiger partial charge in [-0.15, -0.1) is 0 Å². The summed E-state index contributed by atoms with van der Waals surface area (Å²) in [7, 11) is 0. The first-order valence-electron chi connectivity index (χ1n) is 5.28. The summed E-state index contributed by atoms with van der Waals surface area (Å²) in [5.41, 5.74) is 2.84. The van der Waals surface area contributed by atoms with Crippen LogP contribution in [-0.2, 0) is 4.79 Å². The van der Waals surface area contributed by atoms with Gasteiger partial charge < -0.3 is 0 Å². The molecule has 84 valence electrons. The highest BCUT2D eigenvalue weighted by atomic mass is 19.1. The molecule has 2 aromatic rings. The predicted octanol–water partition coefficient (Wildman–Crippen LogP) is 3.70. The van der Waals surface area contributed by atoms with Crippen molar-refractivity contribution in [3.63, 3.8) is 0 Å². The Kier molecular flexibility index (Phi) is 3.46. The zero-order valence-corrected chi connectivity index (χ0v) is 9.14.